The van der Waals surface area contributed by atoms with E-state index in [4.69, 9.17) is 20.3 Å². The first-order valence-electron chi connectivity index (χ1n) is 6.81. The highest BCUT2D eigenvalue weighted by Crippen LogP contribution is 2.19. The number of benzene rings is 1. The Morgan fingerprint density at radius 1 is 1.09 bits per heavy atom. The number of hydrogen-bond donors (Lipinski definition) is 4. The molecule has 1 aromatic rings. The second kappa shape index (κ2) is 7.74. The van der Waals surface area contributed by atoms with Crippen molar-refractivity contribution in [1.29, 1.82) is 0 Å². The average molecular weight is 312 g/mol. The first-order chi connectivity index (χ1) is 9.81. The second-order valence-electron chi connectivity index (χ2n) is 6.05. The van der Waals surface area contributed by atoms with Crippen molar-refractivity contribution in [3.05, 3.63) is 29.3 Å². The average Bonchev–Trinajstić information content (AvgIpc) is 2.35. The molecule has 0 saturated carbocycles. The van der Waals surface area contributed by atoms with Crippen LogP contribution in [0.4, 0.5) is 0 Å². The van der Waals surface area contributed by atoms with Crippen molar-refractivity contribution >= 4 is 18.6 Å². The van der Waals surface area contributed by atoms with Gasteiger partial charge in [0.15, 0.2) is 0 Å². The van der Waals surface area contributed by atoms with Gasteiger partial charge in [0.1, 0.15) is 0 Å². The molecular weight excluding hydrogens is 287 g/mol. The summed E-state index contributed by atoms with van der Waals surface area (Å²) >= 11 is 0. The molecule has 0 saturated heterocycles. The molecule has 22 heavy (non-hydrogen) atoms. The Kier molecular flexibility index (Phi) is 7.24. The number of rotatable bonds is 3. The molecule has 6 nitrogen and oxygen atoms in total. The molecule has 0 atom stereocenters. The standard InChI is InChI=1S/C9H11BO4.C6H14O2/c1-6-5-7(9(11)14-2)3-4-8(6)10(12)13;1-5(2,7)6(3,4)8/h3-5,12-13H,1-2H3;7-8H,1-4H3. The number of ether oxygens (including phenoxy) is 1. The molecule has 0 bridgehead atoms. The van der Waals surface area contributed by atoms with Gasteiger partial charge in [-0.05, 0) is 52.2 Å². The Bertz CT molecular complexity index is 488. The Morgan fingerprint density at radius 3 is 1.82 bits per heavy atom. The molecule has 0 aliphatic carbocycles. The van der Waals surface area contributed by atoms with Crippen LogP contribution >= 0.6 is 0 Å². The van der Waals surface area contributed by atoms with Gasteiger partial charge in [-0.2, -0.15) is 0 Å². The molecule has 124 valence electrons. The van der Waals surface area contributed by atoms with E-state index in [9.17, 15) is 4.79 Å². The molecule has 4 N–H and O–H groups in total. The Labute approximate surface area is 131 Å². The first-order valence-corrected chi connectivity index (χ1v) is 6.81. The molecule has 1 rings (SSSR count). The number of hydrogen-bond acceptors (Lipinski definition) is 6. The summed E-state index contributed by atoms with van der Waals surface area (Å²) in [4.78, 5) is 11.1. The summed E-state index contributed by atoms with van der Waals surface area (Å²) in [6, 6.07) is 4.54. The summed E-state index contributed by atoms with van der Waals surface area (Å²) in [5.74, 6) is -0.438. The summed E-state index contributed by atoms with van der Waals surface area (Å²) in [5, 5.41) is 36.1. The quantitative estimate of drug-likeness (QED) is 0.462. The third-order valence-electron chi connectivity index (χ3n) is 3.47. The molecule has 1 aromatic carbocycles. The largest absolute Gasteiger partial charge is 0.488 e. The van der Waals surface area contributed by atoms with Gasteiger partial charge in [-0.15, -0.1) is 0 Å². The highest BCUT2D eigenvalue weighted by Gasteiger charge is 2.31. The Balaban J connectivity index is 0.000000472. The van der Waals surface area contributed by atoms with Crippen LogP contribution in [0.5, 0.6) is 0 Å². The van der Waals surface area contributed by atoms with E-state index >= 15 is 0 Å². The van der Waals surface area contributed by atoms with E-state index in [1.165, 1.54) is 19.2 Å². The van der Waals surface area contributed by atoms with Crippen molar-refractivity contribution in [3.8, 4) is 0 Å². The van der Waals surface area contributed by atoms with Crippen molar-refractivity contribution in [2.45, 2.75) is 45.8 Å². The normalized spacial score (nSPS) is 11.4. The van der Waals surface area contributed by atoms with E-state index in [-0.39, 0.29) is 0 Å². The molecule has 0 aromatic heterocycles. The fraction of sp³-hybridized carbons (Fsp3) is 0.533. The van der Waals surface area contributed by atoms with E-state index in [2.05, 4.69) is 4.74 Å². The maximum Gasteiger partial charge on any atom is 0.488 e. The van der Waals surface area contributed by atoms with Crippen LogP contribution in [0.3, 0.4) is 0 Å². The van der Waals surface area contributed by atoms with Crippen LogP contribution in [0.1, 0.15) is 43.6 Å². The molecule has 0 aliphatic rings. The highest BCUT2D eigenvalue weighted by atomic mass is 16.5. The lowest BCUT2D eigenvalue weighted by Gasteiger charge is -2.31. The third-order valence-corrected chi connectivity index (χ3v) is 3.47. The van der Waals surface area contributed by atoms with E-state index in [1.54, 1.807) is 40.7 Å². The van der Waals surface area contributed by atoms with Crippen LogP contribution in [0.25, 0.3) is 0 Å². The van der Waals surface area contributed by atoms with Gasteiger partial charge in [0.2, 0.25) is 0 Å². The fourth-order valence-electron chi connectivity index (χ4n) is 1.21. The summed E-state index contributed by atoms with van der Waals surface area (Å²) in [6.07, 6.45) is 0. The van der Waals surface area contributed by atoms with Crippen molar-refractivity contribution in [3.63, 3.8) is 0 Å². The summed E-state index contributed by atoms with van der Waals surface area (Å²) < 4.78 is 4.53. The molecule has 0 aliphatic heterocycles. The van der Waals surface area contributed by atoms with E-state index < -0.39 is 24.3 Å². The minimum atomic E-state index is -1.51. The first kappa shape index (κ1) is 20.6. The van der Waals surface area contributed by atoms with Gasteiger partial charge in [0, 0.05) is 0 Å². The molecule has 0 heterocycles. The lowest BCUT2D eigenvalue weighted by Crippen LogP contribution is -2.44. The lowest BCUT2D eigenvalue weighted by atomic mass is 9.77. The van der Waals surface area contributed by atoms with Crippen molar-refractivity contribution in [2.24, 2.45) is 0 Å². The summed E-state index contributed by atoms with van der Waals surface area (Å²) in [5.41, 5.74) is -0.588. The van der Waals surface area contributed by atoms with E-state index in [1.807, 2.05) is 0 Å². The van der Waals surface area contributed by atoms with Gasteiger partial charge < -0.3 is 25.0 Å². The van der Waals surface area contributed by atoms with E-state index in [0.29, 0.717) is 16.6 Å². The van der Waals surface area contributed by atoms with Crippen molar-refractivity contribution in [2.75, 3.05) is 7.11 Å². The third kappa shape index (κ3) is 6.15. The van der Waals surface area contributed by atoms with Gasteiger partial charge in [0.25, 0.3) is 0 Å². The molecular formula is C15H25BO6. The molecule has 0 spiro atoms. The number of methoxy groups -OCH3 is 1. The molecule has 0 fully saturated rings. The zero-order valence-corrected chi connectivity index (χ0v) is 13.9. The number of aliphatic hydroxyl groups is 2. The van der Waals surface area contributed by atoms with Gasteiger partial charge in [-0.3, -0.25) is 0 Å². The maximum atomic E-state index is 11.1. The highest BCUT2D eigenvalue weighted by molar-refractivity contribution is 6.59. The van der Waals surface area contributed by atoms with Crippen molar-refractivity contribution in [1.82, 2.24) is 0 Å². The minimum Gasteiger partial charge on any atom is -0.465 e. The fourth-order valence-corrected chi connectivity index (χ4v) is 1.21. The number of aryl methyl sites for hydroxylation is 1. The molecule has 0 radical (unpaired) electrons. The molecule has 0 unspecified atom stereocenters. The Morgan fingerprint density at radius 2 is 1.55 bits per heavy atom. The smallest absolute Gasteiger partial charge is 0.465 e. The maximum absolute atomic E-state index is 11.1. The second-order valence-corrected chi connectivity index (χ2v) is 6.05. The minimum absolute atomic E-state index is 0.387. The Hall–Kier alpha value is -1.41. The summed E-state index contributed by atoms with van der Waals surface area (Å²) in [7, 11) is -0.214. The molecule has 7 heteroatoms. The number of carbonyl (C=O) groups excluding carboxylic acids is 1. The topological polar surface area (TPSA) is 107 Å². The van der Waals surface area contributed by atoms with E-state index in [0.717, 1.165) is 0 Å². The molecule has 0 amide bonds. The zero-order chi connectivity index (χ0) is 17.7. The van der Waals surface area contributed by atoms with Crippen LogP contribution in [0.15, 0.2) is 18.2 Å². The monoisotopic (exact) mass is 312 g/mol. The zero-order valence-electron chi connectivity index (χ0n) is 13.9. The SMILES string of the molecule is CC(C)(O)C(C)(C)O.COC(=O)c1ccc(B(O)O)c(C)c1. The predicted octanol–water partition coefficient (Wildman–Crippen LogP) is -0.0104. The van der Waals surface area contributed by atoms with Gasteiger partial charge >= 0.3 is 13.1 Å². The summed E-state index contributed by atoms with van der Waals surface area (Å²) in [6.45, 7) is 8.00. The van der Waals surface area contributed by atoms with Crippen LogP contribution in [0, 0.1) is 6.92 Å². The predicted molar refractivity (Wildman–Crippen MR) is 84.9 cm³/mol. The van der Waals surface area contributed by atoms with Crippen LogP contribution in [-0.2, 0) is 4.74 Å². The van der Waals surface area contributed by atoms with Gasteiger partial charge in [-0.25, -0.2) is 4.79 Å². The lowest BCUT2D eigenvalue weighted by molar-refractivity contribution is -0.107. The van der Waals surface area contributed by atoms with Crippen LogP contribution in [-0.4, -0.2) is 51.7 Å². The van der Waals surface area contributed by atoms with Crippen LogP contribution < -0.4 is 5.46 Å². The van der Waals surface area contributed by atoms with Crippen molar-refractivity contribution < 1.29 is 29.8 Å². The van der Waals surface area contributed by atoms with Gasteiger partial charge in [0.05, 0.1) is 23.9 Å². The van der Waals surface area contributed by atoms with Crippen LogP contribution in [0.2, 0.25) is 0 Å². The number of carbonyl (C=O) groups is 1. The number of esters is 1. The van der Waals surface area contributed by atoms with Gasteiger partial charge in [-0.1, -0.05) is 11.6 Å².